The number of aromatic nitrogens is 1. The molecule has 0 aromatic carbocycles. The van der Waals surface area contributed by atoms with E-state index in [1.54, 1.807) is 13.2 Å². The van der Waals surface area contributed by atoms with Gasteiger partial charge in [-0.25, -0.2) is 9.78 Å². The Morgan fingerprint density at radius 1 is 1.36 bits per heavy atom. The van der Waals surface area contributed by atoms with Crippen LogP contribution in [0.5, 0.6) is 11.6 Å². The van der Waals surface area contributed by atoms with Gasteiger partial charge in [0.2, 0.25) is 5.88 Å². The van der Waals surface area contributed by atoms with E-state index in [-0.39, 0.29) is 11.6 Å². The van der Waals surface area contributed by atoms with E-state index in [0.717, 1.165) is 25.9 Å². The summed E-state index contributed by atoms with van der Waals surface area (Å²) in [5, 5.41) is 6.33. The highest BCUT2D eigenvalue weighted by Crippen LogP contribution is 2.43. The predicted octanol–water partition coefficient (Wildman–Crippen LogP) is 2.56. The Labute approximate surface area is 148 Å². The van der Waals surface area contributed by atoms with E-state index in [0.29, 0.717) is 23.7 Å². The molecule has 2 aliphatic heterocycles. The maximum atomic E-state index is 12.3. The molecule has 2 N–H and O–H groups in total. The summed E-state index contributed by atoms with van der Waals surface area (Å²) in [7, 11) is 1.57. The van der Waals surface area contributed by atoms with Crippen molar-refractivity contribution in [3.8, 4) is 11.6 Å². The summed E-state index contributed by atoms with van der Waals surface area (Å²) in [6.45, 7) is 7.34. The number of carbonyl (C=O) groups excluding carboxylic acids is 1. The van der Waals surface area contributed by atoms with Gasteiger partial charge in [-0.3, -0.25) is 0 Å². The Kier molecular flexibility index (Phi) is 4.77. The topological polar surface area (TPSA) is 81.7 Å². The van der Waals surface area contributed by atoms with Gasteiger partial charge in [0, 0.05) is 12.5 Å². The standard InChI is InChI=1S/C18H27N3O4/c1-17(2,3)25-16(22)20-12-11-18(7-9-19-10-8-18)24-13-5-6-14(23-4)21-15(12)13/h5-6,12,19H,7-11H2,1-4H3,(H,20,22). The van der Waals surface area contributed by atoms with Crippen molar-refractivity contribution >= 4 is 6.09 Å². The van der Waals surface area contributed by atoms with Crippen LogP contribution in [0.4, 0.5) is 4.79 Å². The molecule has 1 saturated heterocycles. The first-order chi connectivity index (χ1) is 11.8. The summed E-state index contributed by atoms with van der Waals surface area (Å²) in [5.74, 6) is 1.20. The fourth-order valence-corrected chi connectivity index (χ4v) is 3.39. The fraction of sp³-hybridized carbons (Fsp3) is 0.667. The summed E-state index contributed by atoms with van der Waals surface area (Å²) >= 11 is 0. The molecule has 7 heteroatoms. The van der Waals surface area contributed by atoms with Crippen molar-refractivity contribution in [1.29, 1.82) is 0 Å². The van der Waals surface area contributed by atoms with E-state index in [4.69, 9.17) is 14.2 Å². The van der Waals surface area contributed by atoms with E-state index in [2.05, 4.69) is 15.6 Å². The first kappa shape index (κ1) is 17.8. The van der Waals surface area contributed by atoms with E-state index < -0.39 is 11.7 Å². The van der Waals surface area contributed by atoms with Crippen LogP contribution in [-0.4, -0.2) is 42.5 Å². The van der Waals surface area contributed by atoms with Gasteiger partial charge in [-0.05, 0) is 52.8 Å². The van der Waals surface area contributed by atoms with Crippen LogP contribution in [0.25, 0.3) is 0 Å². The van der Waals surface area contributed by atoms with Gasteiger partial charge in [0.15, 0.2) is 0 Å². The highest BCUT2D eigenvalue weighted by Gasteiger charge is 2.43. The van der Waals surface area contributed by atoms with Crippen LogP contribution in [0.1, 0.15) is 51.8 Å². The van der Waals surface area contributed by atoms with Gasteiger partial charge in [-0.15, -0.1) is 0 Å². The second-order valence-electron chi connectivity index (χ2n) is 7.68. The number of nitrogens with one attached hydrogen (secondary N) is 2. The molecule has 1 aromatic rings. The molecule has 1 amide bonds. The molecule has 3 rings (SSSR count). The summed E-state index contributed by atoms with van der Waals surface area (Å²) in [6, 6.07) is 3.38. The van der Waals surface area contributed by atoms with Crippen molar-refractivity contribution in [3.63, 3.8) is 0 Å². The summed E-state index contributed by atoms with van der Waals surface area (Å²) in [6.07, 6.45) is 2.01. The first-order valence-electron chi connectivity index (χ1n) is 8.74. The minimum atomic E-state index is -0.549. The lowest BCUT2D eigenvalue weighted by Crippen LogP contribution is -2.51. The Morgan fingerprint density at radius 2 is 2.08 bits per heavy atom. The molecule has 2 aliphatic rings. The quantitative estimate of drug-likeness (QED) is 0.854. The smallest absolute Gasteiger partial charge is 0.408 e. The largest absolute Gasteiger partial charge is 0.485 e. The zero-order valence-corrected chi connectivity index (χ0v) is 15.3. The van der Waals surface area contributed by atoms with E-state index in [1.807, 2.05) is 26.8 Å². The van der Waals surface area contributed by atoms with Gasteiger partial charge >= 0.3 is 6.09 Å². The van der Waals surface area contributed by atoms with Crippen molar-refractivity contribution in [2.24, 2.45) is 0 Å². The lowest BCUT2D eigenvalue weighted by atomic mass is 9.82. The van der Waals surface area contributed by atoms with E-state index in [9.17, 15) is 4.79 Å². The van der Waals surface area contributed by atoms with Gasteiger partial charge in [0.1, 0.15) is 22.6 Å². The van der Waals surface area contributed by atoms with Crippen molar-refractivity contribution in [2.45, 2.75) is 57.3 Å². The number of pyridine rings is 1. The van der Waals surface area contributed by atoms with Crippen LogP contribution in [-0.2, 0) is 4.74 Å². The average molecular weight is 349 g/mol. The third-order valence-corrected chi connectivity index (χ3v) is 4.51. The summed E-state index contributed by atoms with van der Waals surface area (Å²) < 4.78 is 17.0. The maximum absolute atomic E-state index is 12.3. The highest BCUT2D eigenvalue weighted by atomic mass is 16.6. The van der Waals surface area contributed by atoms with Crippen LogP contribution in [0, 0.1) is 0 Å². The normalized spacial score (nSPS) is 21.8. The number of carbonyl (C=O) groups is 1. The molecule has 7 nitrogen and oxygen atoms in total. The minimum absolute atomic E-state index is 0.271. The predicted molar refractivity (Wildman–Crippen MR) is 93.0 cm³/mol. The van der Waals surface area contributed by atoms with Crippen LogP contribution in [0.15, 0.2) is 12.1 Å². The number of amides is 1. The number of hydrogen-bond acceptors (Lipinski definition) is 6. The number of ether oxygens (including phenoxy) is 3. The van der Waals surface area contributed by atoms with Gasteiger partial charge < -0.3 is 24.8 Å². The number of rotatable bonds is 2. The molecule has 1 atom stereocenters. The lowest BCUT2D eigenvalue weighted by Gasteiger charge is -2.44. The van der Waals surface area contributed by atoms with Gasteiger partial charge in [-0.2, -0.15) is 0 Å². The number of nitrogens with zero attached hydrogens (tertiary/aromatic N) is 1. The molecule has 1 aromatic heterocycles. The molecule has 1 fully saturated rings. The molecule has 0 bridgehead atoms. The molecule has 25 heavy (non-hydrogen) atoms. The molecular formula is C18H27N3O4. The lowest BCUT2D eigenvalue weighted by molar-refractivity contribution is -0.00208. The third kappa shape index (κ3) is 4.15. The first-order valence-corrected chi connectivity index (χ1v) is 8.74. The van der Waals surface area contributed by atoms with E-state index >= 15 is 0 Å². The molecule has 0 saturated carbocycles. The molecular weight excluding hydrogens is 322 g/mol. The molecule has 0 radical (unpaired) electrons. The van der Waals surface area contributed by atoms with Crippen molar-refractivity contribution in [3.05, 3.63) is 17.8 Å². The second kappa shape index (κ2) is 6.71. The van der Waals surface area contributed by atoms with E-state index in [1.165, 1.54) is 0 Å². The SMILES string of the molecule is COc1ccc2c(n1)C(NC(=O)OC(C)(C)C)CC1(CCNCC1)O2. The van der Waals surface area contributed by atoms with Crippen molar-refractivity contribution in [2.75, 3.05) is 20.2 Å². The zero-order chi connectivity index (χ0) is 18.1. The number of fused-ring (bicyclic) bond motifs is 1. The Bertz CT molecular complexity index is 636. The van der Waals surface area contributed by atoms with Crippen LogP contribution >= 0.6 is 0 Å². The molecule has 1 spiro atoms. The average Bonchev–Trinajstić information content (AvgIpc) is 2.53. The Morgan fingerprint density at radius 3 is 2.72 bits per heavy atom. The summed E-state index contributed by atoms with van der Waals surface area (Å²) in [5.41, 5.74) is -0.144. The molecule has 0 aliphatic carbocycles. The van der Waals surface area contributed by atoms with Crippen molar-refractivity contribution in [1.82, 2.24) is 15.6 Å². The van der Waals surface area contributed by atoms with Crippen molar-refractivity contribution < 1.29 is 19.0 Å². The number of piperidine rings is 1. The number of alkyl carbamates (subject to hydrolysis) is 1. The Balaban J connectivity index is 1.87. The van der Waals surface area contributed by atoms with Crippen LogP contribution in [0.3, 0.4) is 0 Å². The number of hydrogen-bond donors (Lipinski definition) is 2. The molecule has 3 heterocycles. The molecule has 138 valence electrons. The van der Waals surface area contributed by atoms with Gasteiger partial charge in [0.25, 0.3) is 0 Å². The number of methoxy groups -OCH3 is 1. The molecule has 1 unspecified atom stereocenters. The van der Waals surface area contributed by atoms with Gasteiger partial charge in [-0.1, -0.05) is 0 Å². The second-order valence-corrected chi connectivity index (χ2v) is 7.68. The minimum Gasteiger partial charge on any atom is -0.485 e. The van der Waals surface area contributed by atoms with Crippen LogP contribution < -0.4 is 20.1 Å². The highest BCUT2D eigenvalue weighted by molar-refractivity contribution is 5.68. The maximum Gasteiger partial charge on any atom is 0.408 e. The zero-order valence-electron chi connectivity index (χ0n) is 15.3. The Hall–Kier alpha value is -2.02. The summed E-state index contributed by atoms with van der Waals surface area (Å²) in [4.78, 5) is 16.8. The fourth-order valence-electron chi connectivity index (χ4n) is 3.39. The van der Waals surface area contributed by atoms with Crippen LogP contribution in [0.2, 0.25) is 0 Å². The third-order valence-electron chi connectivity index (χ3n) is 4.51. The van der Waals surface area contributed by atoms with Gasteiger partial charge in [0.05, 0.1) is 13.2 Å². The monoisotopic (exact) mass is 349 g/mol.